The van der Waals surface area contributed by atoms with Crippen molar-refractivity contribution >= 4 is 44.6 Å². The third kappa shape index (κ3) is 9.28. The van der Waals surface area contributed by atoms with Gasteiger partial charge in [0.2, 0.25) is 0 Å². The zero-order chi connectivity index (χ0) is 57.2. The second kappa shape index (κ2) is 20.1. The zero-order valence-corrected chi connectivity index (χ0v) is 46.1. The number of aryl methyl sites for hydroxylation is 1. The van der Waals surface area contributed by atoms with Gasteiger partial charge in [-0.1, -0.05) is 224 Å². The third-order valence-corrected chi connectivity index (χ3v) is 15.8. The Morgan fingerprint density at radius 1 is 0.425 bits per heavy atom. The summed E-state index contributed by atoms with van der Waals surface area (Å²) in [6, 6.07) is 85.0. The normalized spacial score (nSPS) is 13.3. The van der Waals surface area contributed by atoms with E-state index in [-0.39, 0.29) is 16.4 Å². The lowest BCUT2D eigenvalue weighted by molar-refractivity contribution is 0.485. The SMILES string of the molecule is [2H]C([2H])([2H])c1cc(-n2c3ccc(-c4ccccc4)cc3c3cc(-c4ccccc4)c(Oc4cccc(N5CN(c6c(-c7ccccc7)cccc6-c6ccc(C(C)(C)C)cc6)c6ccccc65)c4)cc32)ncc1-c1ccc(C(C)(C)C)cc1. The van der Waals surface area contributed by atoms with Crippen molar-refractivity contribution in [3.8, 4) is 73.0 Å². The lowest BCUT2D eigenvalue weighted by atomic mass is 9.86. The number of hydrogen-bond acceptors (Lipinski definition) is 4. The van der Waals surface area contributed by atoms with Crippen molar-refractivity contribution in [2.45, 2.75) is 59.2 Å². The number of hydrogen-bond donors (Lipinski definition) is 0. The summed E-state index contributed by atoms with van der Waals surface area (Å²) in [5, 5.41) is 1.98. The first-order valence-electron chi connectivity index (χ1n) is 29.1. The Morgan fingerprint density at radius 2 is 0.950 bits per heavy atom. The van der Waals surface area contributed by atoms with Gasteiger partial charge >= 0.3 is 0 Å². The van der Waals surface area contributed by atoms with Crippen LogP contribution in [0, 0.1) is 6.85 Å². The number of para-hydroxylation sites is 3. The van der Waals surface area contributed by atoms with Crippen molar-refractivity contribution in [1.82, 2.24) is 9.55 Å². The Hall–Kier alpha value is -9.45. The lowest BCUT2D eigenvalue weighted by Crippen LogP contribution is -2.25. The van der Waals surface area contributed by atoms with Crippen LogP contribution >= 0.6 is 0 Å². The van der Waals surface area contributed by atoms with Gasteiger partial charge < -0.3 is 14.5 Å². The molecule has 0 N–H and O–H groups in total. The van der Waals surface area contributed by atoms with Crippen LogP contribution in [0.3, 0.4) is 0 Å². The molecular weight excluding hydrogens is 973 g/mol. The average molecular weight is 1040 g/mol. The molecule has 0 aliphatic carbocycles. The molecule has 0 unspecified atom stereocenters. The topological polar surface area (TPSA) is 33.5 Å². The van der Waals surface area contributed by atoms with Crippen molar-refractivity contribution in [1.29, 1.82) is 0 Å². The van der Waals surface area contributed by atoms with Gasteiger partial charge in [0.1, 0.15) is 24.0 Å². The average Bonchev–Trinajstić information content (AvgIpc) is 2.54. The summed E-state index contributed by atoms with van der Waals surface area (Å²) >= 11 is 0. The van der Waals surface area contributed by atoms with Gasteiger partial charge in [0.15, 0.2) is 0 Å². The number of nitrogens with zero attached hydrogens (tertiary/aromatic N) is 4. The van der Waals surface area contributed by atoms with Crippen molar-refractivity contribution in [2.24, 2.45) is 0 Å². The number of aromatic nitrogens is 2. The second-order valence-corrected chi connectivity index (χ2v) is 23.1. The molecule has 2 aromatic heterocycles. The maximum absolute atomic E-state index is 8.92. The van der Waals surface area contributed by atoms with E-state index in [0.717, 1.165) is 94.6 Å². The fraction of sp³-hybridized carbons (Fsp3) is 0.133. The van der Waals surface area contributed by atoms with E-state index in [0.29, 0.717) is 29.5 Å². The van der Waals surface area contributed by atoms with Crippen LogP contribution < -0.4 is 14.5 Å². The molecule has 0 atom stereocenters. The van der Waals surface area contributed by atoms with E-state index >= 15 is 0 Å². The number of anilines is 4. The molecule has 12 aromatic rings. The predicted molar refractivity (Wildman–Crippen MR) is 336 cm³/mol. The van der Waals surface area contributed by atoms with Gasteiger partial charge in [0.25, 0.3) is 0 Å². The molecule has 0 bridgehead atoms. The minimum absolute atomic E-state index is 0.0290. The van der Waals surface area contributed by atoms with E-state index in [1.165, 1.54) is 11.1 Å². The highest BCUT2D eigenvalue weighted by Crippen LogP contribution is 2.51. The van der Waals surface area contributed by atoms with Gasteiger partial charge in [0, 0.05) is 61.2 Å². The molecule has 80 heavy (non-hydrogen) atoms. The van der Waals surface area contributed by atoms with Crippen LogP contribution in [0.25, 0.3) is 83.3 Å². The second-order valence-electron chi connectivity index (χ2n) is 23.1. The predicted octanol–water partition coefficient (Wildman–Crippen LogP) is 20.5. The van der Waals surface area contributed by atoms with Crippen LogP contribution in [0.4, 0.5) is 22.7 Å². The Morgan fingerprint density at radius 3 is 1.56 bits per heavy atom. The van der Waals surface area contributed by atoms with Crippen LogP contribution in [0.2, 0.25) is 0 Å². The molecule has 0 fully saturated rings. The molecular formula is C75H64N4O. The molecule has 1 aliphatic rings. The molecule has 5 heteroatoms. The lowest BCUT2D eigenvalue weighted by Gasteiger charge is -2.27. The Balaban J connectivity index is 0.945. The van der Waals surface area contributed by atoms with Crippen LogP contribution in [0.15, 0.2) is 249 Å². The number of ether oxygens (including phenoxy) is 1. The van der Waals surface area contributed by atoms with Gasteiger partial charge in [-0.2, -0.15) is 0 Å². The standard InChI is InChI=1S/C75H64N4O/c1-50-43-72(76-48-66(50)55-35-40-58(41-36-55)75(5,6)7)79-67-42-37-56(51-21-11-8-12-22-51)44-64(67)65-46-63(53-25-15-10-16-26-53)71(47-70(65)79)80-60-28-19-27-59(45-60)77-49-78(69-32-18-17-31-68(69)77)73-61(52-23-13-9-14-24-52)29-20-30-62(73)54-33-38-57(39-34-54)74(2,3)4/h8-48H,49H2,1-7H3/i1D3. The van der Waals surface area contributed by atoms with Crippen LogP contribution in [-0.2, 0) is 10.8 Å². The van der Waals surface area contributed by atoms with E-state index < -0.39 is 6.85 Å². The number of rotatable bonds is 10. The summed E-state index contributed by atoms with van der Waals surface area (Å²) in [6.07, 6.45) is 1.73. The van der Waals surface area contributed by atoms with E-state index in [2.05, 4.69) is 262 Å². The highest BCUT2D eigenvalue weighted by Gasteiger charge is 2.32. The molecule has 10 aromatic carbocycles. The Kier molecular flexibility index (Phi) is 11.7. The smallest absolute Gasteiger partial charge is 0.137 e. The van der Waals surface area contributed by atoms with Gasteiger partial charge in [-0.15, -0.1) is 0 Å². The fourth-order valence-electron chi connectivity index (χ4n) is 11.5. The maximum Gasteiger partial charge on any atom is 0.137 e. The first kappa shape index (κ1) is 46.6. The molecule has 0 saturated carbocycles. The molecule has 0 spiro atoms. The molecule has 3 heterocycles. The number of pyridine rings is 1. The molecule has 0 radical (unpaired) electrons. The molecule has 0 amide bonds. The molecule has 1 aliphatic heterocycles. The first-order valence-corrected chi connectivity index (χ1v) is 27.6. The largest absolute Gasteiger partial charge is 0.457 e. The van der Waals surface area contributed by atoms with E-state index in [4.69, 9.17) is 13.8 Å². The summed E-state index contributed by atoms with van der Waals surface area (Å²) < 4.78 is 36.1. The Labute approximate surface area is 474 Å². The van der Waals surface area contributed by atoms with E-state index in [1.807, 2.05) is 30.3 Å². The fourth-order valence-corrected chi connectivity index (χ4v) is 11.5. The first-order chi connectivity index (χ1) is 40.0. The maximum atomic E-state index is 8.92. The van der Waals surface area contributed by atoms with Crippen molar-refractivity contribution in [2.75, 3.05) is 16.5 Å². The molecule has 390 valence electrons. The summed E-state index contributed by atoms with van der Waals surface area (Å²) in [5.74, 6) is 1.80. The summed E-state index contributed by atoms with van der Waals surface area (Å²) in [7, 11) is 0. The van der Waals surface area contributed by atoms with Gasteiger partial charge in [-0.05, 0) is 116 Å². The Bertz CT molecular complexity index is 4370. The summed E-state index contributed by atoms with van der Waals surface area (Å²) in [4.78, 5) is 9.97. The van der Waals surface area contributed by atoms with E-state index in [9.17, 15) is 0 Å². The number of benzene rings is 10. The molecule has 5 nitrogen and oxygen atoms in total. The zero-order valence-electron chi connectivity index (χ0n) is 49.1. The van der Waals surface area contributed by atoms with Crippen LogP contribution in [0.5, 0.6) is 11.5 Å². The molecule has 13 rings (SSSR count). The minimum Gasteiger partial charge on any atom is -0.457 e. The van der Waals surface area contributed by atoms with Gasteiger partial charge in [-0.25, -0.2) is 4.98 Å². The van der Waals surface area contributed by atoms with Gasteiger partial charge in [0.05, 0.1) is 28.1 Å². The van der Waals surface area contributed by atoms with E-state index in [1.54, 1.807) is 12.3 Å². The quantitative estimate of drug-likeness (QED) is 0.137. The van der Waals surface area contributed by atoms with Crippen molar-refractivity contribution in [3.63, 3.8) is 0 Å². The highest BCUT2D eigenvalue weighted by molar-refractivity contribution is 6.12. The monoisotopic (exact) mass is 1040 g/mol. The molecule has 0 saturated heterocycles. The number of fused-ring (bicyclic) bond motifs is 4. The third-order valence-electron chi connectivity index (χ3n) is 15.8. The highest BCUT2D eigenvalue weighted by atomic mass is 16.5. The van der Waals surface area contributed by atoms with Crippen molar-refractivity contribution in [3.05, 3.63) is 266 Å². The van der Waals surface area contributed by atoms with Crippen molar-refractivity contribution < 1.29 is 8.85 Å². The van der Waals surface area contributed by atoms with Crippen LogP contribution in [-0.4, -0.2) is 16.2 Å². The minimum atomic E-state index is -2.44. The summed E-state index contributed by atoms with van der Waals surface area (Å²) in [5.41, 5.74) is 18.8. The van der Waals surface area contributed by atoms with Crippen LogP contribution in [0.1, 0.15) is 62.3 Å². The van der Waals surface area contributed by atoms with Gasteiger partial charge in [-0.3, -0.25) is 4.57 Å². The summed E-state index contributed by atoms with van der Waals surface area (Å²) in [6.45, 7) is 11.4.